The summed E-state index contributed by atoms with van der Waals surface area (Å²) in [6.45, 7) is 1.51. The Morgan fingerprint density at radius 3 is 1.74 bits per heavy atom. The van der Waals surface area contributed by atoms with E-state index < -0.39 is 24.5 Å². The van der Waals surface area contributed by atoms with Crippen molar-refractivity contribution >= 4 is 24.0 Å². The molecule has 2 heterocycles. The third-order valence-corrected chi connectivity index (χ3v) is 6.70. The van der Waals surface area contributed by atoms with Gasteiger partial charge in [0.05, 0.1) is 49.7 Å². The number of ether oxygens (including phenoxy) is 6. The molecular formula is C25H30O10. The van der Waals surface area contributed by atoms with Crippen molar-refractivity contribution in [2.45, 2.75) is 32.3 Å². The van der Waals surface area contributed by atoms with Crippen LogP contribution < -0.4 is 0 Å². The lowest BCUT2D eigenvalue weighted by molar-refractivity contribution is -0.148. The normalized spacial score (nSPS) is 30.3. The van der Waals surface area contributed by atoms with Crippen LogP contribution in [0.5, 0.6) is 0 Å². The molecule has 0 fully saturated rings. The van der Waals surface area contributed by atoms with Crippen molar-refractivity contribution < 1.29 is 47.6 Å². The van der Waals surface area contributed by atoms with E-state index in [4.69, 9.17) is 28.4 Å². The van der Waals surface area contributed by atoms with Gasteiger partial charge < -0.3 is 28.4 Å². The number of allylic oxidation sites excluding steroid dienone is 2. The third kappa shape index (κ3) is 5.08. The average Bonchev–Trinajstić information content (AvgIpc) is 3.52. The van der Waals surface area contributed by atoms with Crippen LogP contribution in [0.4, 0.5) is 0 Å². The Morgan fingerprint density at radius 2 is 1.29 bits per heavy atom. The van der Waals surface area contributed by atoms with Crippen LogP contribution in [-0.2, 0) is 47.6 Å². The predicted molar refractivity (Wildman–Crippen MR) is 120 cm³/mol. The van der Waals surface area contributed by atoms with Crippen LogP contribution in [0, 0.1) is 23.7 Å². The number of esters is 2. The fourth-order valence-corrected chi connectivity index (χ4v) is 5.02. The SMILES string of the molecule is COC(=O)C1=COC(OC)C2C(C(C)=O)=CCC12.COC(=O)C1=COC(OC)C2C(C=O)=CCC12. The second-order valence-corrected chi connectivity index (χ2v) is 8.38. The summed E-state index contributed by atoms with van der Waals surface area (Å²) < 4.78 is 30.5. The Bertz CT molecular complexity index is 988. The van der Waals surface area contributed by atoms with Crippen LogP contribution >= 0.6 is 0 Å². The fourth-order valence-electron chi connectivity index (χ4n) is 5.02. The summed E-state index contributed by atoms with van der Waals surface area (Å²) in [5.41, 5.74) is 2.21. The van der Waals surface area contributed by atoms with Crippen LogP contribution in [-0.4, -0.2) is 65.0 Å². The zero-order chi connectivity index (χ0) is 25.7. The maximum absolute atomic E-state index is 11.7. The van der Waals surface area contributed by atoms with Gasteiger partial charge in [0.1, 0.15) is 6.29 Å². The lowest BCUT2D eigenvalue weighted by Gasteiger charge is -2.33. The van der Waals surface area contributed by atoms with Gasteiger partial charge in [-0.05, 0) is 25.3 Å². The van der Waals surface area contributed by atoms with E-state index >= 15 is 0 Å². The van der Waals surface area contributed by atoms with Crippen LogP contribution in [0.2, 0.25) is 0 Å². The number of ketones is 1. The molecule has 0 aromatic heterocycles. The van der Waals surface area contributed by atoms with E-state index in [1.54, 1.807) is 0 Å². The first kappa shape index (κ1) is 26.4. The number of Topliss-reactive ketones (excluding diaryl/α,β-unsaturated/α-hetero) is 1. The summed E-state index contributed by atoms with van der Waals surface area (Å²) in [7, 11) is 5.69. The quantitative estimate of drug-likeness (QED) is 0.403. The number of hydrogen-bond acceptors (Lipinski definition) is 10. The number of fused-ring (bicyclic) bond motifs is 2. The Labute approximate surface area is 203 Å². The first-order valence-electron chi connectivity index (χ1n) is 11.1. The van der Waals surface area contributed by atoms with E-state index in [1.165, 1.54) is 47.9 Å². The molecular weight excluding hydrogens is 460 g/mol. The first-order chi connectivity index (χ1) is 16.8. The lowest BCUT2D eigenvalue weighted by Crippen LogP contribution is -2.37. The van der Waals surface area contributed by atoms with Gasteiger partial charge in [-0.2, -0.15) is 0 Å². The Kier molecular flexibility index (Phi) is 8.63. The number of methoxy groups -OCH3 is 4. The topological polar surface area (TPSA) is 124 Å². The fraction of sp³-hybridized carbons (Fsp3) is 0.520. The van der Waals surface area contributed by atoms with Gasteiger partial charge in [0, 0.05) is 31.6 Å². The van der Waals surface area contributed by atoms with Gasteiger partial charge in [0.2, 0.25) is 12.6 Å². The van der Waals surface area contributed by atoms with Crippen LogP contribution in [0.25, 0.3) is 0 Å². The van der Waals surface area contributed by atoms with Crippen molar-refractivity contribution in [3.8, 4) is 0 Å². The Morgan fingerprint density at radius 1 is 0.800 bits per heavy atom. The molecule has 35 heavy (non-hydrogen) atoms. The largest absolute Gasteiger partial charge is 0.471 e. The highest BCUT2D eigenvalue weighted by atomic mass is 16.7. The van der Waals surface area contributed by atoms with E-state index in [1.807, 2.05) is 12.2 Å². The van der Waals surface area contributed by atoms with Crippen molar-refractivity contribution in [1.29, 1.82) is 0 Å². The molecule has 6 atom stereocenters. The molecule has 0 amide bonds. The number of carbonyl (C=O) groups is 4. The van der Waals surface area contributed by atoms with E-state index in [2.05, 4.69) is 0 Å². The van der Waals surface area contributed by atoms with Gasteiger partial charge >= 0.3 is 11.9 Å². The molecule has 0 bridgehead atoms. The predicted octanol–water partition coefficient (Wildman–Crippen LogP) is 2.00. The molecule has 4 rings (SSSR count). The molecule has 4 aliphatic rings. The van der Waals surface area contributed by atoms with Crippen LogP contribution in [0.15, 0.2) is 47.0 Å². The molecule has 6 unspecified atom stereocenters. The van der Waals surface area contributed by atoms with Crippen LogP contribution in [0.3, 0.4) is 0 Å². The Hall–Kier alpha value is -3.24. The molecule has 0 N–H and O–H groups in total. The summed E-state index contributed by atoms with van der Waals surface area (Å²) in [6, 6.07) is 0. The third-order valence-electron chi connectivity index (χ3n) is 6.70. The monoisotopic (exact) mass is 490 g/mol. The second kappa shape index (κ2) is 11.5. The average molecular weight is 491 g/mol. The number of rotatable bonds is 6. The highest BCUT2D eigenvalue weighted by molar-refractivity contribution is 5.96. The first-order valence-corrected chi connectivity index (χ1v) is 11.1. The van der Waals surface area contributed by atoms with E-state index in [0.717, 1.165) is 6.29 Å². The van der Waals surface area contributed by atoms with Crippen molar-refractivity contribution in [2.75, 3.05) is 28.4 Å². The minimum atomic E-state index is -0.527. The van der Waals surface area contributed by atoms with E-state index in [0.29, 0.717) is 35.1 Å². The number of hydrogen-bond donors (Lipinski definition) is 0. The number of aldehydes is 1. The summed E-state index contributed by atoms with van der Waals surface area (Å²) in [5, 5.41) is 0. The van der Waals surface area contributed by atoms with Crippen molar-refractivity contribution in [3.05, 3.63) is 47.0 Å². The molecule has 10 nitrogen and oxygen atoms in total. The summed E-state index contributed by atoms with van der Waals surface area (Å²) in [5.74, 6) is -1.51. The van der Waals surface area contributed by atoms with Crippen molar-refractivity contribution in [1.82, 2.24) is 0 Å². The second-order valence-electron chi connectivity index (χ2n) is 8.38. The zero-order valence-electron chi connectivity index (χ0n) is 20.3. The molecule has 190 valence electrons. The van der Waals surface area contributed by atoms with Crippen LogP contribution in [0.1, 0.15) is 19.8 Å². The standard InChI is InChI=1S/C13H16O5.C12H14O5/c1-7(14)8-4-5-9-10(12(15)16-2)6-18-13(17-3)11(8)9;1-15-11(14)9-6-17-12(16-2)10-7(5-13)3-4-8(9)10/h4,6,9,11,13H,5H2,1-3H3;3,5-6,8,10,12H,4H2,1-2H3. The van der Waals surface area contributed by atoms with Gasteiger partial charge in [-0.25, -0.2) is 9.59 Å². The Balaban J connectivity index is 0.000000196. The molecule has 10 heteroatoms. The smallest absolute Gasteiger partial charge is 0.337 e. The van der Waals surface area contributed by atoms with E-state index in [-0.39, 0.29) is 29.5 Å². The molecule has 0 aromatic rings. The maximum atomic E-state index is 11.7. The highest BCUT2D eigenvalue weighted by Crippen LogP contribution is 2.44. The van der Waals surface area contributed by atoms with Gasteiger partial charge in [-0.15, -0.1) is 0 Å². The molecule has 2 aliphatic carbocycles. The minimum absolute atomic E-state index is 0.0146. The molecule has 0 aromatic carbocycles. The van der Waals surface area contributed by atoms with Crippen molar-refractivity contribution in [3.63, 3.8) is 0 Å². The van der Waals surface area contributed by atoms with Gasteiger partial charge in [-0.1, -0.05) is 12.2 Å². The minimum Gasteiger partial charge on any atom is -0.471 e. The molecule has 0 radical (unpaired) electrons. The van der Waals surface area contributed by atoms with E-state index in [9.17, 15) is 19.2 Å². The maximum Gasteiger partial charge on any atom is 0.337 e. The highest BCUT2D eigenvalue weighted by Gasteiger charge is 2.46. The lowest BCUT2D eigenvalue weighted by atomic mass is 9.82. The zero-order valence-corrected chi connectivity index (χ0v) is 20.3. The van der Waals surface area contributed by atoms with Gasteiger partial charge in [-0.3, -0.25) is 9.59 Å². The van der Waals surface area contributed by atoms with Gasteiger partial charge in [0.15, 0.2) is 5.78 Å². The summed E-state index contributed by atoms with van der Waals surface area (Å²) in [4.78, 5) is 45.8. The van der Waals surface area contributed by atoms with Gasteiger partial charge in [0.25, 0.3) is 0 Å². The summed E-state index contributed by atoms with van der Waals surface area (Å²) >= 11 is 0. The number of carbonyl (C=O) groups excluding carboxylic acids is 4. The molecule has 0 spiro atoms. The van der Waals surface area contributed by atoms with Crippen molar-refractivity contribution in [2.24, 2.45) is 23.7 Å². The molecule has 0 saturated heterocycles. The molecule has 0 saturated carbocycles. The summed E-state index contributed by atoms with van der Waals surface area (Å²) in [6.07, 6.45) is 7.44. The molecule has 2 aliphatic heterocycles.